The molecular weight excluding hydrogens is 218 g/mol. The number of pyridine rings is 1. The van der Waals surface area contributed by atoms with Gasteiger partial charge in [0.2, 0.25) is 0 Å². The maximum atomic E-state index is 11.2. The normalized spacial score (nSPS) is 10.8. The number of fused-ring (bicyclic) bond motifs is 1. The van der Waals surface area contributed by atoms with Gasteiger partial charge in [-0.05, 0) is 34.0 Å². The van der Waals surface area contributed by atoms with Crippen LogP contribution in [0.5, 0.6) is 0 Å². The zero-order chi connectivity index (χ0) is 11.0. The Labute approximate surface area is 97.0 Å². The summed E-state index contributed by atoms with van der Waals surface area (Å²) in [5.74, 6) is 0. The molecular formula is C13H9NOS. The molecule has 0 aliphatic carbocycles. The molecule has 78 valence electrons. The molecule has 0 amide bonds. The minimum absolute atomic E-state index is 0.833. The minimum atomic E-state index is 0.833. The van der Waals surface area contributed by atoms with Gasteiger partial charge in [-0.1, -0.05) is 12.1 Å². The molecule has 3 rings (SSSR count). The summed E-state index contributed by atoms with van der Waals surface area (Å²) in [5, 5.41) is 17.5. The smallest absolute Gasteiger partial charge is 0.188 e. The first-order valence-corrected chi connectivity index (χ1v) is 5.93. The van der Waals surface area contributed by atoms with Crippen molar-refractivity contribution in [3.63, 3.8) is 0 Å². The van der Waals surface area contributed by atoms with Gasteiger partial charge < -0.3 is 5.21 Å². The first-order chi connectivity index (χ1) is 7.84. The molecule has 2 nitrogen and oxygen atoms in total. The number of aromatic nitrogens is 1. The van der Waals surface area contributed by atoms with E-state index in [4.69, 9.17) is 0 Å². The molecule has 2 heterocycles. The lowest BCUT2D eigenvalue weighted by atomic mass is 10.0. The second kappa shape index (κ2) is 3.61. The van der Waals surface area contributed by atoms with Gasteiger partial charge in [-0.3, -0.25) is 0 Å². The van der Waals surface area contributed by atoms with E-state index in [0.29, 0.717) is 0 Å². The standard InChI is InChI=1S/C13H9NOS/c15-14-6-4-13-10(8-14)2-1-3-12(13)11-5-7-16-9-11/h1-9H. The third-order valence-corrected chi connectivity index (χ3v) is 3.31. The summed E-state index contributed by atoms with van der Waals surface area (Å²) in [6, 6.07) is 9.99. The van der Waals surface area contributed by atoms with Crippen LogP contribution in [0.15, 0.2) is 53.5 Å². The van der Waals surface area contributed by atoms with E-state index in [1.54, 1.807) is 17.5 Å². The van der Waals surface area contributed by atoms with Crippen LogP contribution < -0.4 is 4.73 Å². The van der Waals surface area contributed by atoms with Crippen LogP contribution >= 0.6 is 11.3 Å². The van der Waals surface area contributed by atoms with Gasteiger partial charge in [-0.25, -0.2) is 0 Å². The summed E-state index contributed by atoms with van der Waals surface area (Å²) >= 11 is 1.68. The Hall–Kier alpha value is -1.87. The molecule has 0 spiro atoms. The molecule has 1 aromatic carbocycles. The fraction of sp³-hybridized carbons (Fsp3) is 0. The van der Waals surface area contributed by atoms with Crippen LogP contribution in [-0.2, 0) is 0 Å². The van der Waals surface area contributed by atoms with Gasteiger partial charge in [-0.15, -0.1) is 0 Å². The topological polar surface area (TPSA) is 26.9 Å². The number of rotatable bonds is 1. The Kier molecular flexibility index (Phi) is 2.11. The Morgan fingerprint density at radius 2 is 2.06 bits per heavy atom. The molecule has 0 aliphatic rings. The maximum Gasteiger partial charge on any atom is 0.188 e. The zero-order valence-electron chi connectivity index (χ0n) is 8.46. The highest BCUT2D eigenvalue weighted by Crippen LogP contribution is 2.29. The molecule has 0 saturated carbocycles. The Morgan fingerprint density at radius 3 is 2.88 bits per heavy atom. The van der Waals surface area contributed by atoms with Crippen molar-refractivity contribution in [3.05, 3.63) is 58.7 Å². The maximum absolute atomic E-state index is 11.2. The summed E-state index contributed by atoms with van der Waals surface area (Å²) in [6.07, 6.45) is 3.14. The number of benzene rings is 1. The van der Waals surface area contributed by atoms with Crippen molar-refractivity contribution in [2.45, 2.75) is 0 Å². The highest BCUT2D eigenvalue weighted by atomic mass is 32.1. The van der Waals surface area contributed by atoms with Gasteiger partial charge in [-0.2, -0.15) is 16.1 Å². The van der Waals surface area contributed by atoms with Crippen molar-refractivity contribution < 1.29 is 4.73 Å². The monoisotopic (exact) mass is 227 g/mol. The quantitative estimate of drug-likeness (QED) is 0.463. The lowest BCUT2D eigenvalue weighted by Crippen LogP contribution is -2.23. The lowest BCUT2D eigenvalue weighted by Gasteiger charge is -2.04. The molecule has 0 bridgehead atoms. The highest BCUT2D eigenvalue weighted by Gasteiger charge is 2.05. The predicted molar refractivity (Wildman–Crippen MR) is 66.2 cm³/mol. The van der Waals surface area contributed by atoms with E-state index in [9.17, 15) is 5.21 Å². The van der Waals surface area contributed by atoms with Crippen LogP contribution in [0.1, 0.15) is 0 Å². The molecule has 16 heavy (non-hydrogen) atoms. The summed E-state index contributed by atoms with van der Waals surface area (Å²) in [4.78, 5) is 0. The summed E-state index contributed by atoms with van der Waals surface area (Å²) in [7, 11) is 0. The molecule has 0 unspecified atom stereocenters. The molecule has 0 fully saturated rings. The van der Waals surface area contributed by atoms with Crippen molar-refractivity contribution in [1.29, 1.82) is 0 Å². The van der Waals surface area contributed by atoms with Crippen LogP contribution in [-0.4, -0.2) is 0 Å². The van der Waals surface area contributed by atoms with E-state index in [2.05, 4.69) is 22.9 Å². The molecule has 0 saturated heterocycles. The van der Waals surface area contributed by atoms with Gasteiger partial charge in [0.25, 0.3) is 0 Å². The number of thiophene rings is 1. The first kappa shape index (κ1) is 9.36. The van der Waals surface area contributed by atoms with Gasteiger partial charge >= 0.3 is 0 Å². The fourth-order valence-corrected chi connectivity index (χ4v) is 2.54. The van der Waals surface area contributed by atoms with Gasteiger partial charge in [0.1, 0.15) is 0 Å². The Morgan fingerprint density at radius 1 is 1.12 bits per heavy atom. The summed E-state index contributed by atoms with van der Waals surface area (Å²) in [5.41, 5.74) is 2.39. The van der Waals surface area contributed by atoms with Crippen molar-refractivity contribution in [2.75, 3.05) is 0 Å². The summed E-state index contributed by atoms with van der Waals surface area (Å²) in [6.45, 7) is 0. The van der Waals surface area contributed by atoms with E-state index in [0.717, 1.165) is 15.5 Å². The third-order valence-electron chi connectivity index (χ3n) is 2.63. The van der Waals surface area contributed by atoms with E-state index < -0.39 is 0 Å². The predicted octanol–water partition coefficient (Wildman–Crippen LogP) is 3.20. The molecule has 3 heteroatoms. The van der Waals surface area contributed by atoms with E-state index in [1.165, 1.54) is 17.3 Å². The van der Waals surface area contributed by atoms with Gasteiger partial charge in [0.15, 0.2) is 12.4 Å². The second-order valence-corrected chi connectivity index (χ2v) is 4.41. The molecule has 0 atom stereocenters. The highest BCUT2D eigenvalue weighted by molar-refractivity contribution is 7.08. The summed E-state index contributed by atoms with van der Waals surface area (Å²) < 4.78 is 0.833. The zero-order valence-corrected chi connectivity index (χ0v) is 9.28. The van der Waals surface area contributed by atoms with Crippen LogP contribution in [0, 0.1) is 5.21 Å². The molecule has 0 N–H and O–H groups in total. The third kappa shape index (κ3) is 1.46. The van der Waals surface area contributed by atoms with Crippen molar-refractivity contribution in [1.82, 2.24) is 0 Å². The molecule has 2 aromatic heterocycles. The Bertz CT molecular complexity index is 631. The van der Waals surface area contributed by atoms with E-state index >= 15 is 0 Å². The number of hydrogen-bond donors (Lipinski definition) is 0. The molecule has 0 radical (unpaired) electrons. The minimum Gasteiger partial charge on any atom is -0.619 e. The lowest BCUT2D eigenvalue weighted by molar-refractivity contribution is -0.603. The second-order valence-electron chi connectivity index (χ2n) is 3.63. The largest absolute Gasteiger partial charge is 0.619 e. The van der Waals surface area contributed by atoms with Gasteiger partial charge in [0, 0.05) is 16.8 Å². The first-order valence-electron chi connectivity index (χ1n) is 4.99. The SMILES string of the molecule is [O-][n+]1ccc2c(-c3ccsc3)cccc2c1. The van der Waals surface area contributed by atoms with Crippen molar-refractivity contribution >= 4 is 22.1 Å². The van der Waals surface area contributed by atoms with Crippen molar-refractivity contribution in [3.8, 4) is 11.1 Å². The van der Waals surface area contributed by atoms with Crippen LogP contribution in [0.3, 0.4) is 0 Å². The van der Waals surface area contributed by atoms with E-state index in [-0.39, 0.29) is 0 Å². The van der Waals surface area contributed by atoms with Gasteiger partial charge in [0.05, 0.1) is 0 Å². The molecule has 0 aliphatic heterocycles. The van der Waals surface area contributed by atoms with Crippen LogP contribution in [0.4, 0.5) is 0 Å². The van der Waals surface area contributed by atoms with Crippen molar-refractivity contribution in [2.24, 2.45) is 0 Å². The van der Waals surface area contributed by atoms with Crippen LogP contribution in [0.2, 0.25) is 0 Å². The average Bonchev–Trinajstić information content (AvgIpc) is 2.81. The fourth-order valence-electron chi connectivity index (χ4n) is 1.88. The number of hydrogen-bond acceptors (Lipinski definition) is 2. The molecule has 3 aromatic rings. The Balaban J connectivity index is 2.34. The van der Waals surface area contributed by atoms with Crippen LogP contribution in [0.25, 0.3) is 21.9 Å². The number of nitrogens with zero attached hydrogens (tertiary/aromatic N) is 1. The van der Waals surface area contributed by atoms with E-state index in [1.807, 2.05) is 18.2 Å². The average molecular weight is 227 g/mol.